The minimum Gasteiger partial charge on any atom is -0.390 e. The Hall–Kier alpha value is -0.900. The van der Waals surface area contributed by atoms with E-state index in [9.17, 15) is 0 Å². The highest BCUT2D eigenvalue weighted by molar-refractivity contribution is 5.15. The van der Waals surface area contributed by atoms with E-state index in [1.165, 1.54) is 25.7 Å². The van der Waals surface area contributed by atoms with Crippen LogP contribution in [0, 0.1) is 0 Å². The predicted molar refractivity (Wildman–Crippen MR) is 48.1 cm³/mol. The summed E-state index contributed by atoms with van der Waals surface area (Å²) < 4.78 is 1.81. The smallest absolute Gasteiger partial charge is 0.112 e. The van der Waals surface area contributed by atoms with Gasteiger partial charge in [-0.15, -0.1) is 5.10 Å². The van der Waals surface area contributed by atoms with Crippen molar-refractivity contribution in [1.82, 2.24) is 15.0 Å². The van der Waals surface area contributed by atoms with Gasteiger partial charge >= 0.3 is 0 Å². The van der Waals surface area contributed by atoms with Crippen LogP contribution in [0.3, 0.4) is 0 Å². The zero-order valence-electron chi connectivity index (χ0n) is 7.90. The molecule has 13 heavy (non-hydrogen) atoms. The lowest BCUT2D eigenvalue weighted by molar-refractivity contribution is 0.274. The third kappa shape index (κ3) is 1.46. The molecule has 1 aliphatic carbocycles. The van der Waals surface area contributed by atoms with Crippen molar-refractivity contribution in [2.24, 2.45) is 7.05 Å². The minimum atomic E-state index is 0.0136. The van der Waals surface area contributed by atoms with Gasteiger partial charge in [0.2, 0.25) is 0 Å². The topological polar surface area (TPSA) is 50.9 Å². The first-order valence-corrected chi connectivity index (χ1v) is 4.82. The predicted octanol–water partition coefficient (Wildman–Crippen LogP) is 0.965. The zero-order chi connectivity index (χ0) is 9.26. The van der Waals surface area contributed by atoms with Gasteiger partial charge in [-0.3, -0.25) is 4.68 Å². The van der Waals surface area contributed by atoms with Gasteiger partial charge in [0.1, 0.15) is 5.69 Å². The van der Waals surface area contributed by atoms with Crippen LogP contribution < -0.4 is 0 Å². The number of hydrogen-bond donors (Lipinski definition) is 1. The SMILES string of the molecule is Cn1nnc(CO)c1C1CCCC1. The zero-order valence-corrected chi connectivity index (χ0v) is 7.90. The first-order valence-electron chi connectivity index (χ1n) is 4.82. The quantitative estimate of drug-likeness (QED) is 0.739. The summed E-state index contributed by atoms with van der Waals surface area (Å²) in [7, 11) is 1.90. The number of nitrogens with zero attached hydrogens (tertiary/aromatic N) is 3. The Morgan fingerprint density at radius 2 is 2.15 bits per heavy atom. The van der Waals surface area contributed by atoms with Gasteiger partial charge in [-0.25, -0.2) is 0 Å². The summed E-state index contributed by atoms with van der Waals surface area (Å²) in [6, 6.07) is 0. The van der Waals surface area contributed by atoms with Crippen molar-refractivity contribution in [2.75, 3.05) is 0 Å². The summed E-state index contributed by atoms with van der Waals surface area (Å²) in [4.78, 5) is 0. The summed E-state index contributed by atoms with van der Waals surface area (Å²) >= 11 is 0. The fraction of sp³-hybridized carbons (Fsp3) is 0.778. The monoisotopic (exact) mass is 181 g/mol. The lowest BCUT2D eigenvalue weighted by Gasteiger charge is -2.09. The van der Waals surface area contributed by atoms with Crippen LogP contribution in [-0.2, 0) is 13.7 Å². The van der Waals surface area contributed by atoms with Crippen LogP contribution in [0.5, 0.6) is 0 Å². The molecule has 0 radical (unpaired) electrons. The lowest BCUT2D eigenvalue weighted by atomic mass is 10.0. The van der Waals surface area contributed by atoms with Gasteiger partial charge < -0.3 is 5.11 Å². The molecule has 0 aliphatic heterocycles. The Bertz CT molecular complexity index is 289. The van der Waals surface area contributed by atoms with Crippen molar-refractivity contribution in [3.05, 3.63) is 11.4 Å². The van der Waals surface area contributed by atoms with Crippen LogP contribution in [0.15, 0.2) is 0 Å². The van der Waals surface area contributed by atoms with Crippen LogP contribution in [0.4, 0.5) is 0 Å². The van der Waals surface area contributed by atoms with Crippen LogP contribution in [0.1, 0.15) is 43.0 Å². The largest absolute Gasteiger partial charge is 0.390 e. The van der Waals surface area contributed by atoms with Crippen molar-refractivity contribution in [1.29, 1.82) is 0 Å². The molecule has 0 aromatic carbocycles. The molecule has 0 atom stereocenters. The normalized spacial score (nSPS) is 18.3. The molecule has 0 amide bonds. The van der Waals surface area contributed by atoms with Gasteiger partial charge in [-0.1, -0.05) is 18.1 Å². The Labute approximate surface area is 77.6 Å². The summed E-state index contributed by atoms with van der Waals surface area (Å²) in [6.07, 6.45) is 5.02. The highest BCUT2D eigenvalue weighted by Gasteiger charge is 2.23. The maximum atomic E-state index is 9.08. The Morgan fingerprint density at radius 3 is 2.77 bits per heavy atom. The second kappa shape index (κ2) is 3.46. The molecule has 0 spiro atoms. The van der Waals surface area contributed by atoms with E-state index in [1.54, 1.807) is 0 Å². The van der Waals surface area contributed by atoms with Crippen LogP contribution in [0.25, 0.3) is 0 Å². The van der Waals surface area contributed by atoms with Crippen molar-refractivity contribution < 1.29 is 5.11 Å². The van der Waals surface area contributed by atoms with Gasteiger partial charge in [-0.2, -0.15) is 0 Å². The van der Waals surface area contributed by atoms with Crippen molar-refractivity contribution in [3.63, 3.8) is 0 Å². The molecule has 4 nitrogen and oxygen atoms in total. The summed E-state index contributed by atoms with van der Waals surface area (Å²) in [6.45, 7) is 0.0136. The Morgan fingerprint density at radius 1 is 1.46 bits per heavy atom. The number of rotatable bonds is 2. The Kier molecular flexibility index (Phi) is 2.31. The average molecular weight is 181 g/mol. The molecule has 4 heteroatoms. The molecule has 1 saturated carbocycles. The average Bonchev–Trinajstić information content (AvgIpc) is 2.72. The van der Waals surface area contributed by atoms with Gasteiger partial charge in [0.15, 0.2) is 0 Å². The second-order valence-electron chi connectivity index (χ2n) is 3.68. The van der Waals surface area contributed by atoms with E-state index in [2.05, 4.69) is 10.3 Å². The number of hydrogen-bond acceptors (Lipinski definition) is 3. The molecule has 72 valence electrons. The highest BCUT2D eigenvalue weighted by Crippen LogP contribution is 2.34. The molecule has 1 N–H and O–H groups in total. The van der Waals surface area contributed by atoms with E-state index in [0.29, 0.717) is 5.92 Å². The fourth-order valence-electron chi connectivity index (χ4n) is 2.22. The third-order valence-corrected chi connectivity index (χ3v) is 2.84. The summed E-state index contributed by atoms with van der Waals surface area (Å²) in [5, 5.41) is 17.0. The maximum Gasteiger partial charge on any atom is 0.112 e. The van der Waals surface area contributed by atoms with Crippen LogP contribution >= 0.6 is 0 Å². The van der Waals surface area contributed by atoms with Crippen molar-refractivity contribution >= 4 is 0 Å². The standard InChI is InChI=1S/C9H15N3O/c1-12-9(7-4-2-3-5-7)8(6-13)10-11-12/h7,13H,2-6H2,1H3. The lowest BCUT2D eigenvalue weighted by Crippen LogP contribution is -2.05. The molecule has 0 saturated heterocycles. The molecule has 1 aromatic heterocycles. The van der Waals surface area contributed by atoms with Gasteiger partial charge in [-0.05, 0) is 12.8 Å². The van der Waals surface area contributed by atoms with Crippen molar-refractivity contribution in [3.8, 4) is 0 Å². The molecular weight excluding hydrogens is 166 g/mol. The van der Waals surface area contributed by atoms with E-state index >= 15 is 0 Å². The van der Waals surface area contributed by atoms with E-state index in [-0.39, 0.29) is 6.61 Å². The van der Waals surface area contributed by atoms with Crippen LogP contribution in [-0.4, -0.2) is 20.1 Å². The molecule has 0 unspecified atom stereocenters. The molecule has 1 fully saturated rings. The summed E-state index contributed by atoms with van der Waals surface area (Å²) in [5.74, 6) is 0.571. The van der Waals surface area contributed by atoms with Gasteiger partial charge in [0, 0.05) is 13.0 Å². The molecular formula is C9H15N3O. The van der Waals surface area contributed by atoms with Crippen molar-refractivity contribution in [2.45, 2.75) is 38.2 Å². The van der Waals surface area contributed by atoms with Gasteiger partial charge in [0.25, 0.3) is 0 Å². The molecule has 1 aliphatic rings. The number of aliphatic hydroxyl groups is 1. The third-order valence-electron chi connectivity index (χ3n) is 2.84. The fourth-order valence-corrected chi connectivity index (χ4v) is 2.22. The van der Waals surface area contributed by atoms with E-state index in [0.717, 1.165) is 11.4 Å². The first-order chi connectivity index (χ1) is 6.33. The van der Waals surface area contributed by atoms with Gasteiger partial charge in [0.05, 0.1) is 12.3 Å². The van der Waals surface area contributed by atoms with E-state index in [1.807, 2.05) is 11.7 Å². The molecule has 1 aromatic rings. The van der Waals surface area contributed by atoms with E-state index in [4.69, 9.17) is 5.11 Å². The number of aryl methyl sites for hydroxylation is 1. The van der Waals surface area contributed by atoms with Crippen LogP contribution in [0.2, 0.25) is 0 Å². The molecule has 0 bridgehead atoms. The summed E-state index contributed by atoms with van der Waals surface area (Å²) in [5.41, 5.74) is 1.90. The molecule has 1 heterocycles. The maximum absolute atomic E-state index is 9.08. The van der Waals surface area contributed by atoms with E-state index < -0.39 is 0 Å². The highest BCUT2D eigenvalue weighted by atomic mass is 16.3. The number of aromatic nitrogens is 3. The second-order valence-corrected chi connectivity index (χ2v) is 3.68. The Balaban J connectivity index is 2.30. The number of aliphatic hydroxyl groups excluding tert-OH is 1. The minimum absolute atomic E-state index is 0.0136. The molecule has 2 rings (SSSR count). The first kappa shape index (κ1) is 8.69.